The molecule has 4 aliphatic carbocycles. The largest absolute Gasteiger partial charge is 0.458 e. The molecule has 0 heterocycles. The van der Waals surface area contributed by atoms with Crippen molar-refractivity contribution in [1.29, 1.82) is 0 Å². The molecule has 0 radical (unpaired) electrons. The van der Waals surface area contributed by atoms with Crippen LogP contribution in [0.3, 0.4) is 0 Å². The van der Waals surface area contributed by atoms with Gasteiger partial charge in [0.05, 0.1) is 11.2 Å². The topological polar surface area (TPSA) is 46.5 Å². The number of ether oxygens (including phenoxy) is 1. The summed E-state index contributed by atoms with van der Waals surface area (Å²) in [6.07, 6.45) is 14.8. The average molecular weight is 551 g/mol. The van der Waals surface area contributed by atoms with E-state index < -0.39 is 5.60 Å². The average Bonchev–Trinajstić information content (AvgIpc) is 3.25. The number of carbonyl (C=O) groups excluding carboxylic acids is 1. The van der Waals surface area contributed by atoms with Crippen molar-refractivity contribution >= 4 is 5.97 Å². The number of hydrogen-bond acceptors (Lipinski definition) is 3. The lowest BCUT2D eigenvalue weighted by atomic mass is 9.43. The van der Waals surface area contributed by atoms with Crippen LogP contribution in [0.4, 0.5) is 0 Å². The molecular weight excluding hydrogens is 492 g/mol. The molecule has 10 atom stereocenters. The van der Waals surface area contributed by atoms with Gasteiger partial charge < -0.3 is 9.84 Å². The van der Waals surface area contributed by atoms with E-state index in [4.69, 9.17) is 4.74 Å². The van der Waals surface area contributed by atoms with Gasteiger partial charge in [-0.15, -0.1) is 0 Å². The standard InChI is InChI=1S/C37H58O3/c1-25(12-11-15-32(34(2,3)4)40-33(38)26-13-9-8-10-14-26)29-18-19-30-28-17-16-27-24-35(5,39)22-23-36(27,6)31(28)20-21-37(29,30)7/h8-10,13-14,25,27-32,39H,11-12,15-24H2,1-7H3/t25-,27+,28+,29-,30+,31+,32+,35+,36+,37-/m1/s1. The zero-order valence-electron chi connectivity index (χ0n) is 26.7. The molecule has 0 saturated heterocycles. The Kier molecular flexibility index (Phi) is 8.32. The van der Waals surface area contributed by atoms with Crippen LogP contribution < -0.4 is 0 Å². The van der Waals surface area contributed by atoms with Gasteiger partial charge in [0.25, 0.3) is 0 Å². The summed E-state index contributed by atoms with van der Waals surface area (Å²) >= 11 is 0. The molecule has 0 unspecified atom stereocenters. The second kappa shape index (κ2) is 11.1. The summed E-state index contributed by atoms with van der Waals surface area (Å²) in [4.78, 5) is 12.8. The summed E-state index contributed by atoms with van der Waals surface area (Å²) in [6.45, 7) is 16.5. The molecule has 0 spiro atoms. The Labute approximate surface area is 245 Å². The fraction of sp³-hybridized carbons (Fsp3) is 0.811. The normalized spacial score (nSPS) is 40.9. The van der Waals surface area contributed by atoms with E-state index in [0.717, 1.165) is 49.4 Å². The first kappa shape index (κ1) is 30.1. The summed E-state index contributed by atoms with van der Waals surface area (Å²) in [5, 5.41) is 10.8. The van der Waals surface area contributed by atoms with Crippen molar-refractivity contribution in [2.24, 2.45) is 51.8 Å². The van der Waals surface area contributed by atoms with E-state index in [1.54, 1.807) is 0 Å². The van der Waals surface area contributed by atoms with E-state index in [2.05, 4.69) is 48.5 Å². The van der Waals surface area contributed by atoms with Crippen LogP contribution in [-0.4, -0.2) is 22.8 Å². The van der Waals surface area contributed by atoms with Gasteiger partial charge in [0.2, 0.25) is 0 Å². The molecule has 0 aliphatic heterocycles. The molecule has 1 aromatic carbocycles. The zero-order valence-corrected chi connectivity index (χ0v) is 26.7. The highest BCUT2D eigenvalue weighted by molar-refractivity contribution is 5.89. The fourth-order valence-electron chi connectivity index (χ4n) is 10.7. The fourth-order valence-corrected chi connectivity index (χ4v) is 10.7. The van der Waals surface area contributed by atoms with Gasteiger partial charge in [-0.25, -0.2) is 4.79 Å². The molecular formula is C37H58O3. The van der Waals surface area contributed by atoms with Gasteiger partial charge in [-0.3, -0.25) is 0 Å². The monoisotopic (exact) mass is 550 g/mol. The summed E-state index contributed by atoms with van der Waals surface area (Å²) in [5.74, 6) is 4.69. The molecule has 4 saturated carbocycles. The van der Waals surface area contributed by atoms with Gasteiger partial charge in [0, 0.05) is 0 Å². The number of benzene rings is 1. The zero-order chi connectivity index (χ0) is 28.9. The quantitative estimate of drug-likeness (QED) is 0.344. The van der Waals surface area contributed by atoms with Gasteiger partial charge in [0.1, 0.15) is 6.10 Å². The highest BCUT2D eigenvalue weighted by Gasteiger charge is 2.61. The van der Waals surface area contributed by atoms with Crippen LogP contribution in [-0.2, 0) is 4.74 Å². The molecule has 5 rings (SSSR count). The van der Waals surface area contributed by atoms with Gasteiger partial charge in [-0.1, -0.05) is 66.2 Å². The first-order chi connectivity index (χ1) is 18.7. The van der Waals surface area contributed by atoms with E-state index in [1.807, 2.05) is 30.3 Å². The minimum atomic E-state index is -0.444. The van der Waals surface area contributed by atoms with Crippen molar-refractivity contribution in [3.63, 3.8) is 0 Å². The number of hydrogen-bond donors (Lipinski definition) is 1. The Balaban J connectivity index is 1.19. The predicted octanol–water partition coefficient (Wildman–Crippen LogP) is 9.47. The van der Waals surface area contributed by atoms with Crippen LogP contribution in [0.25, 0.3) is 0 Å². The molecule has 4 fully saturated rings. The lowest BCUT2D eigenvalue weighted by Gasteiger charge is -2.62. The molecule has 3 heteroatoms. The molecule has 4 aliphatic rings. The van der Waals surface area contributed by atoms with Gasteiger partial charge in [-0.05, 0) is 141 Å². The van der Waals surface area contributed by atoms with Crippen molar-refractivity contribution in [2.75, 3.05) is 0 Å². The third kappa shape index (κ3) is 5.67. The SMILES string of the molecule is C[C@H](CCC[C@H](OC(=O)c1ccccc1)C(C)(C)C)[C@H]1CC[C@H]2[C@@H]3CC[C@H]4C[C@@](C)(O)CC[C@]4(C)[C@H]3CC[C@]12C. The number of carbonyl (C=O) groups is 1. The summed E-state index contributed by atoms with van der Waals surface area (Å²) < 4.78 is 6.08. The van der Waals surface area contributed by atoms with Crippen molar-refractivity contribution < 1.29 is 14.6 Å². The molecule has 3 nitrogen and oxygen atoms in total. The van der Waals surface area contributed by atoms with Crippen LogP contribution in [0, 0.1) is 51.8 Å². The van der Waals surface area contributed by atoms with Gasteiger partial charge >= 0.3 is 5.97 Å². The lowest BCUT2D eigenvalue weighted by molar-refractivity contribution is -0.148. The van der Waals surface area contributed by atoms with Gasteiger partial charge in [0.15, 0.2) is 0 Å². The molecule has 0 aromatic heterocycles. The molecule has 1 N–H and O–H groups in total. The Morgan fingerprint density at radius 3 is 2.33 bits per heavy atom. The first-order valence-corrected chi connectivity index (χ1v) is 16.7. The molecule has 0 amide bonds. The molecule has 40 heavy (non-hydrogen) atoms. The molecule has 0 bridgehead atoms. The summed E-state index contributed by atoms with van der Waals surface area (Å²) in [7, 11) is 0. The first-order valence-electron chi connectivity index (χ1n) is 16.7. The third-order valence-electron chi connectivity index (χ3n) is 13.1. The van der Waals surface area contributed by atoms with E-state index >= 15 is 0 Å². The predicted molar refractivity (Wildman–Crippen MR) is 164 cm³/mol. The second-order valence-electron chi connectivity index (χ2n) is 16.6. The van der Waals surface area contributed by atoms with E-state index in [1.165, 1.54) is 51.4 Å². The van der Waals surface area contributed by atoms with Crippen molar-refractivity contribution in [1.82, 2.24) is 0 Å². The van der Waals surface area contributed by atoms with E-state index in [0.29, 0.717) is 28.2 Å². The smallest absolute Gasteiger partial charge is 0.338 e. The summed E-state index contributed by atoms with van der Waals surface area (Å²) in [6, 6.07) is 9.44. The van der Waals surface area contributed by atoms with Crippen LogP contribution in [0.1, 0.15) is 136 Å². The van der Waals surface area contributed by atoms with Crippen molar-refractivity contribution in [3.05, 3.63) is 35.9 Å². The van der Waals surface area contributed by atoms with Crippen LogP contribution >= 0.6 is 0 Å². The van der Waals surface area contributed by atoms with Crippen molar-refractivity contribution in [3.8, 4) is 0 Å². The number of aliphatic hydroxyl groups is 1. The van der Waals surface area contributed by atoms with Crippen LogP contribution in [0.15, 0.2) is 30.3 Å². The maximum absolute atomic E-state index is 12.8. The van der Waals surface area contributed by atoms with E-state index in [-0.39, 0.29) is 17.5 Å². The van der Waals surface area contributed by atoms with Gasteiger partial charge in [-0.2, -0.15) is 0 Å². The van der Waals surface area contributed by atoms with E-state index in [9.17, 15) is 9.90 Å². The Bertz CT molecular complexity index is 1020. The Morgan fingerprint density at radius 2 is 1.62 bits per heavy atom. The Morgan fingerprint density at radius 1 is 0.925 bits per heavy atom. The minimum Gasteiger partial charge on any atom is -0.458 e. The number of fused-ring (bicyclic) bond motifs is 5. The minimum absolute atomic E-state index is 0.0676. The van der Waals surface area contributed by atoms with Crippen LogP contribution in [0.5, 0.6) is 0 Å². The Hall–Kier alpha value is -1.35. The third-order valence-corrected chi connectivity index (χ3v) is 13.1. The maximum atomic E-state index is 12.8. The maximum Gasteiger partial charge on any atom is 0.338 e. The number of esters is 1. The van der Waals surface area contributed by atoms with Crippen molar-refractivity contribution in [2.45, 2.75) is 137 Å². The lowest BCUT2D eigenvalue weighted by Crippen LogP contribution is -2.55. The number of rotatable bonds is 7. The molecule has 224 valence electrons. The summed E-state index contributed by atoms with van der Waals surface area (Å²) in [5.41, 5.74) is 1.05. The second-order valence-corrected chi connectivity index (χ2v) is 16.6. The highest BCUT2D eigenvalue weighted by atomic mass is 16.5. The highest BCUT2D eigenvalue weighted by Crippen LogP contribution is 2.68. The van der Waals surface area contributed by atoms with Crippen LogP contribution in [0.2, 0.25) is 0 Å². The molecule has 1 aromatic rings.